The third kappa shape index (κ3) is 4.15. The average molecular weight is 402 g/mol. The molecule has 2 N–H and O–H groups in total. The van der Waals surface area contributed by atoms with Crippen molar-refractivity contribution < 1.29 is 38.4 Å². The molecule has 0 aliphatic heterocycles. The number of esters is 1. The summed E-state index contributed by atoms with van der Waals surface area (Å²) in [4.78, 5) is 12.1. The van der Waals surface area contributed by atoms with Crippen LogP contribution in [0.3, 0.4) is 0 Å². The van der Waals surface area contributed by atoms with Crippen LogP contribution in [0.2, 0.25) is 0 Å². The molecule has 29 heavy (non-hydrogen) atoms. The lowest BCUT2D eigenvalue weighted by Crippen LogP contribution is -2.05. The number of hydrogen-bond donors (Lipinski definition) is 2. The number of aromatic hydroxyl groups is 2. The van der Waals surface area contributed by atoms with Crippen LogP contribution in [0.25, 0.3) is 11.5 Å². The van der Waals surface area contributed by atoms with E-state index < -0.39 is 11.7 Å². The van der Waals surface area contributed by atoms with Crippen LogP contribution in [0, 0.1) is 0 Å². The second kappa shape index (κ2) is 8.38. The van der Waals surface area contributed by atoms with Gasteiger partial charge in [0.15, 0.2) is 18.1 Å². The molecule has 0 saturated carbocycles. The van der Waals surface area contributed by atoms with E-state index in [-0.39, 0.29) is 29.7 Å². The summed E-state index contributed by atoms with van der Waals surface area (Å²) in [6.45, 7) is -0.309. The average Bonchev–Trinajstić information content (AvgIpc) is 3.20. The van der Waals surface area contributed by atoms with Crippen LogP contribution >= 0.6 is 0 Å². The summed E-state index contributed by atoms with van der Waals surface area (Å²) in [6, 6.07) is 6.80. The first-order chi connectivity index (χ1) is 14.0. The van der Waals surface area contributed by atoms with E-state index in [1.807, 2.05) is 0 Å². The molecule has 0 radical (unpaired) electrons. The summed E-state index contributed by atoms with van der Waals surface area (Å²) in [6.07, 6.45) is 0. The number of aromatic nitrogens is 2. The Kier molecular flexibility index (Phi) is 5.72. The Morgan fingerprint density at radius 2 is 1.69 bits per heavy atom. The maximum atomic E-state index is 12.1. The van der Waals surface area contributed by atoms with Gasteiger partial charge in [-0.05, 0) is 24.3 Å². The minimum Gasteiger partial charge on any atom is -0.508 e. The van der Waals surface area contributed by atoms with Crippen molar-refractivity contribution >= 4 is 5.97 Å². The first kappa shape index (κ1) is 19.8. The maximum Gasteiger partial charge on any atom is 0.342 e. The summed E-state index contributed by atoms with van der Waals surface area (Å²) >= 11 is 0. The van der Waals surface area contributed by atoms with E-state index in [1.165, 1.54) is 33.5 Å². The molecule has 0 bridgehead atoms. The molecule has 0 unspecified atom stereocenters. The first-order valence-corrected chi connectivity index (χ1v) is 8.28. The van der Waals surface area contributed by atoms with Crippen molar-refractivity contribution in [3.8, 4) is 40.2 Å². The van der Waals surface area contributed by atoms with Crippen molar-refractivity contribution in [2.75, 3.05) is 21.3 Å². The van der Waals surface area contributed by atoms with Crippen molar-refractivity contribution in [1.29, 1.82) is 0 Å². The molecule has 10 heteroatoms. The van der Waals surface area contributed by atoms with Gasteiger partial charge >= 0.3 is 5.97 Å². The van der Waals surface area contributed by atoms with E-state index in [0.717, 1.165) is 6.07 Å². The first-order valence-electron chi connectivity index (χ1n) is 8.28. The molecule has 0 aliphatic rings. The second-order valence-electron chi connectivity index (χ2n) is 5.69. The highest BCUT2D eigenvalue weighted by Crippen LogP contribution is 2.40. The van der Waals surface area contributed by atoms with E-state index in [2.05, 4.69) is 10.2 Å². The quantitative estimate of drug-likeness (QED) is 0.568. The number of methoxy groups -OCH3 is 3. The van der Waals surface area contributed by atoms with Crippen LogP contribution in [0.1, 0.15) is 16.2 Å². The number of phenols is 2. The van der Waals surface area contributed by atoms with Crippen molar-refractivity contribution in [3.05, 3.63) is 41.8 Å². The Morgan fingerprint density at radius 3 is 2.28 bits per heavy atom. The highest BCUT2D eigenvalue weighted by Gasteiger charge is 2.19. The van der Waals surface area contributed by atoms with E-state index in [1.54, 1.807) is 12.1 Å². The van der Waals surface area contributed by atoms with Gasteiger partial charge < -0.3 is 33.6 Å². The van der Waals surface area contributed by atoms with Gasteiger partial charge in [-0.1, -0.05) is 0 Å². The van der Waals surface area contributed by atoms with Crippen molar-refractivity contribution in [3.63, 3.8) is 0 Å². The molecule has 2 aromatic carbocycles. The van der Waals surface area contributed by atoms with Crippen LogP contribution in [0.4, 0.5) is 0 Å². The fourth-order valence-corrected chi connectivity index (χ4v) is 2.53. The second-order valence-corrected chi connectivity index (χ2v) is 5.69. The Bertz CT molecular complexity index is 1010. The topological polar surface area (TPSA) is 133 Å². The molecule has 1 aromatic heterocycles. The Hall–Kier alpha value is -3.95. The fourth-order valence-electron chi connectivity index (χ4n) is 2.53. The number of benzene rings is 2. The number of carbonyl (C=O) groups excluding carboxylic acids is 1. The van der Waals surface area contributed by atoms with Crippen LogP contribution in [0.15, 0.2) is 34.7 Å². The van der Waals surface area contributed by atoms with E-state index >= 15 is 0 Å². The monoisotopic (exact) mass is 402 g/mol. The third-order valence-electron chi connectivity index (χ3n) is 3.91. The van der Waals surface area contributed by atoms with Crippen LogP contribution < -0.4 is 14.2 Å². The molecular formula is C19H18N2O8. The fraction of sp³-hybridized carbons (Fsp3) is 0.211. The molecule has 0 spiro atoms. The standard InChI is InChI=1S/C19H18N2O8/c1-25-14-6-10(7-15(26-2)17(14)27-3)18-21-20-16(29-18)9-28-19(24)12-5-4-11(22)8-13(12)23/h4-8,22-23H,9H2,1-3H3. The van der Waals surface area contributed by atoms with Crippen molar-refractivity contribution in [2.24, 2.45) is 0 Å². The Labute approximate surface area is 165 Å². The van der Waals surface area contributed by atoms with Gasteiger partial charge in [-0.3, -0.25) is 0 Å². The SMILES string of the molecule is COc1cc(-c2nnc(COC(=O)c3ccc(O)cc3O)o2)cc(OC)c1OC. The number of ether oxygens (including phenoxy) is 4. The smallest absolute Gasteiger partial charge is 0.342 e. The van der Waals surface area contributed by atoms with Crippen molar-refractivity contribution in [1.82, 2.24) is 10.2 Å². The zero-order chi connectivity index (χ0) is 21.0. The predicted octanol–water partition coefficient (Wildman–Crippen LogP) is 2.53. The lowest BCUT2D eigenvalue weighted by molar-refractivity contribution is 0.0435. The molecule has 0 aliphatic carbocycles. The number of rotatable bonds is 7. The van der Waals surface area contributed by atoms with Gasteiger partial charge in [-0.15, -0.1) is 10.2 Å². The highest BCUT2D eigenvalue weighted by molar-refractivity contribution is 5.92. The highest BCUT2D eigenvalue weighted by atomic mass is 16.5. The molecular weight excluding hydrogens is 384 g/mol. The Balaban J connectivity index is 1.76. The number of carbonyl (C=O) groups is 1. The summed E-state index contributed by atoms with van der Waals surface area (Å²) in [5, 5.41) is 26.8. The lowest BCUT2D eigenvalue weighted by Gasteiger charge is -2.12. The zero-order valence-electron chi connectivity index (χ0n) is 15.8. The van der Waals surface area contributed by atoms with Gasteiger partial charge in [0.05, 0.1) is 21.3 Å². The zero-order valence-corrected chi connectivity index (χ0v) is 15.8. The molecule has 0 fully saturated rings. The number of phenolic OH excluding ortho intramolecular Hbond substituents is 2. The van der Waals surface area contributed by atoms with Gasteiger partial charge in [0, 0.05) is 11.6 Å². The number of nitrogens with zero attached hydrogens (tertiary/aromatic N) is 2. The predicted molar refractivity (Wildman–Crippen MR) is 98.3 cm³/mol. The lowest BCUT2D eigenvalue weighted by atomic mass is 10.2. The molecule has 0 saturated heterocycles. The van der Waals surface area contributed by atoms with Gasteiger partial charge in [0.1, 0.15) is 17.1 Å². The minimum absolute atomic E-state index is 0.0420. The molecule has 0 amide bonds. The largest absolute Gasteiger partial charge is 0.508 e. The molecule has 152 valence electrons. The van der Waals surface area contributed by atoms with Crippen LogP contribution in [-0.2, 0) is 11.3 Å². The molecule has 0 atom stereocenters. The maximum absolute atomic E-state index is 12.1. The normalized spacial score (nSPS) is 10.4. The van der Waals surface area contributed by atoms with Crippen LogP contribution in [0.5, 0.6) is 28.7 Å². The van der Waals surface area contributed by atoms with Gasteiger partial charge in [-0.2, -0.15) is 0 Å². The van der Waals surface area contributed by atoms with Gasteiger partial charge in [0.2, 0.25) is 11.6 Å². The minimum atomic E-state index is -0.810. The van der Waals surface area contributed by atoms with Crippen molar-refractivity contribution in [2.45, 2.75) is 6.61 Å². The molecule has 10 nitrogen and oxygen atoms in total. The van der Waals surface area contributed by atoms with Gasteiger partial charge in [0.25, 0.3) is 5.89 Å². The molecule has 3 aromatic rings. The van der Waals surface area contributed by atoms with E-state index in [0.29, 0.717) is 22.8 Å². The molecule has 1 heterocycles. The summed E-state index contributed by atoms with van der Waals surface area (Å²) in [5.41, 5.74) is 0.410. The third-order valence-corrected chi connectivity index (χ3v) is 3.91. The Morgan fingerprint density at radius 1 is 1.00 bits per heavy atom. The summed E-state index contributed by atoms with van der Waals surface area (Å²) < 4.78 is 26.4. The van der Waals surface area contributed by atoms with Crippen LogP contribution in [-0.4, -0.2) is 47.7 Å². The molecule has 3 rings (SSSR count). The van der Waals surface area contributed by atoms with E-state index in [9.17, 15) is 15.0 Å². The summed E-state index contributed by atoms with van der Waals surface area (Å²) in [5.74, 6) is 0.0514. The summed E-state index contributed by atoms with van der Waals surface area (Å²) in [7, 11) is 4.46. The number of hydrogen-bond acceptors (Lipinski definition) is 10. The van der Waals surface area contributed by atoms with Gasteiger partial charge in [-0.25, -0.2) is 4.79 Å². The van der Waals surface area contributed by atoms with E-state index in [4.69, 9.17) is 23.4 Å².